The van der Waals surface area contributed by atoms with Crippen molar-refractivity contribution >= 4 is 50.6 Å². The summed E-state index contributed by atoms with van der Waals surface area (Å²) in [4.78, 5) is 7.71. The molecule has 0 aliphatic carbocycles. The molecule has 0 unspecified atom stereocenters. The summed E-state index contributed by atoms with van der Waals surface area (Å²) < 4.78 is 13.9. The third-order valence-corrected chi connectivity index (χ3v) is 3.43. The number of nitrogens with one attached hydrogen (secondary N) is 1. The van der Waals surface area contributed by atoms with Crippen molar-refractivity contribution in [2.45, 2.75) is 0 Å². The van der Waals surface area contributed by atoms with Gasteiger partial charge in [0.25, 0.3) is 0 Å². The van der Waals surface area contributed by atoms with Crippen LogP contribution in [-0.2, 0) is 0 Å². The van der Waals surface area contributed by atoms with Gasteiger partial charge in [-0.05, 0) is 34.1 Å². The van der Waals surface area contributed by atoms with Crippen molar-refractivity contribution in [3.63, 3.8) is 0 Å². The highest BCUT2D eigenvalue weighted by Gasteiger charge is 2.09. The fourth-order valence-corrected chi connectivity index (χ4v) is 1.77. The zero-order chi connectivity index (χ0) is 12.4. The third kappa shape index (κ3) is 2.86. The van der Waals surface area contributed by atoms with Gasteiger partial charge in [-0.25, -0.2) is 14.4 Å². The van der Waals surface area contributed by atoms with Gasteiger partial charge in [-0.3, -0.25) is 0 Å². The molecule has 3 nitrogen and oxygen atoms in total. The second kappa shape index (κ2) is 5.16. The number of hydrogen-bond donors (Lipinski definition) is 1. The van der Waals surface area contributed by atoms with Crippen LogP contribution in [0.4, 0.5) is 15.9 Å². The lowest BCUT2D eigenvalue weighted by atomic mass is 10.3. The number of halogens is 4. The molecule has 88 valence electrons. The molecule has 2 rings (SSSR count). The molecule has 7 heteroatoms. The lowest BCUT2D eigenvalue weighted by Crippen LogP contribution is -1.98. The molecule has 0 aliphatic rings. The van der Waals surface area contributed by atoms with Gasteiger partial charge in [0.1, 0.15) is 23.1 Å². The predicted molar refractivity (Wildman–Crippen MR) is 69.4 cm³/mol. The summed E-state index contributed by atoms with van der Waals surface area (Å²) in [6, 6.07) is 4.19. The van der Waals surface area contributed by atoms with Crippen LogP contribution in [0.3, 0.4) is 0 Å². The first kappa shape index (κ1) is 12.5. The Morgan fingerprint density at radius 1 is 1.24 bits per heavy atom. The van der Waals surface area contributed by atoms with Crippen molar-refractivity contribution in [2.75, 3.05) is 5.32 Å². The van der Waals surface area contributed by atoms with Gasteiger partial charge in [-0.2, -0.15) is 0 Å². The van der Waals surface area contributed by atoms with Gasteiger partial charge < -0.3 is 5.32 Å². The summed E-state index contributed by atoms with van der Waals surface area (Å²) in [5, 5.41) is 3.44. The van der Waals surface area contributed by atoms with Gasteiger partial charge in [0.2, 0.25) is 0 Å². The van der Waals surface area contributed by atoms with Crippen LogP contribution in [0, 0.1) is 5.82 Å². The van der Waals surface area contributed by atoms with E-state index in [1.54, 1.807) is 0 Å². The van der Waals surface area contributed by atoms with Crippen molar-refractivity contribution in [1.29, 1.82) is 0 Å². The molecule has 0 saturated heterocycles. The van der Waals surface area contributed by atoms with Crippen LogP contribution in [0.15, 0.2) is 29.0 Å². The van der Waals surface area contributed by atoms with E-state index < -0.39 is 5.82 Å². The zero-order valence-electron chi connectivity index (χ0n) is 8.22. The smallest absolute Gasteiger partial charge is 0.149 e. The summed E-state index contributed by atoms with van der Waals surface area (Å²) in [6.45, 7) is 0. The average molecular weight is 337 g/mol. The minimum Gasteiger partial charge on any atom is -0.337 e. The highest BCUT2D eigenvalue weighted by atomic mass is 79.9. The molecule has 1 N–H and O–H groups in total. The van der Waals surface area contributed by atoms with E-state index in [0.717, 1.165) is 0 Å². The summed E-state index contributed by atoms with van der Waals surface area (Å²) in [5.41, 5.74) is 0.216. The van der Waals surface area contributed by atoms with E-state index in [9.17, 15) is 4.39 Å². The first-order valence-corrected chi connectivity index (χ1v) is 6.01. The lowest BCUT2D eigenvalue weighted by molar-refractivity contribution is 0.632. The van der Waals surface area contributed by atoms with Crippen LogP contribution in [0.5, 0.6) is 0 Å². The molecule has 0 atom stereocenters. The Labute approximate surface area is 115 Å². The van der Waals surface area contributed by atoms with Crippen LogP contribution in [0.1, 0.15) is 0 Å². The van der Waals surface area contributed by atoms with Crippen molar-refractivity contribution in [2.24, 2.45) is 0 Å². The van der Waals surface area contributed by atoms with E-state index in [1.807, 2.05) is 0 Å². The molecule has 0 bridgehead atoms. The molecule has 0 aliphatic heterocycles. The summed E-state index contributed by atoms with van der Waals surface area (Å²) >= 11 is 14.8. The van der Waals surface area contributed by atoms with Gasteiger partial charge in [0, 0.05) is 5.02 Å². The minimum atomic E-state index is -0.434. The van der Waals surface area contributed by atoms with Gasteiger partial charge in [0.05, 0.1) is 10.2 Å². The van der Waals surface area contributed by atoms with Crippen molar-refractivity contribution < 1.29 is 4.39 Å². The maximum atomic E-state index is 13.5. The highest BCUT2D eigenvalue weighted by Crippen LogP contribution is 2.30. The standard InChI is InChI=1S/C10H5BrCl2FN3/c11-8-9(13)15-4-16-10(8)17-7-3-5(12)1-2-6(7)14/h1-4H,(H,15,16,17). The van der Waals surface area contributed by atoms with Crippen LogP contribution >= 0.6 is 39.1 Å². The van der Waals surface area contributed by atoms with E-state index in [4.69, 9.17) is 23.2 Å². The van der Waals surface area contributed by atoms with E-state index in [0.29, 0.717) is 15.3 Å². The van der Waals surface area contributed by atoms with E-state index in [1.165, 1.54) is 24.5 Å². The minimum absolute atomic E-state index is 0.216. The van der Waals surface area contributed by atoms with Gasteiger partial charge in [-0.15, -0.1) is 0 Å². The maximum absolute atomic E-state index is 13.5. The normalized spacial score (nSPS) is 10.4. The first-order chi connectivity index (χ1) is 8.08. The van der Waals surface area contributed by atoms with Crippen LogP contribution in [0.25, 0.3) is 0 Å². The molecule has 1 heterocycles. The fraction of sp³-hybridized carbons (Fsp3) is 0. The van der Waals surface area contributed by atoms with Crippen LogP contribution < -0.4 is 5.32 Å². The Bertz CT molecular complexity index is 565. The van der Waals surface area contributed by atoms with Gasteiger partial charge in [0.15, 0.2) is 0 Å². The number of anilines is 2. The van der Waals surface area contributed by atoms with Crippen molar-refractivity contribution in [3.05, 3.63) is 45.0 Å². The predicted octanol–water partition coefficient (Wildman–Crippen LogP) is 4.43. The average Bonchev–Trinajstić information content (AvgIpc) is 2.30. The largest absolute Gasteiger partial charge is 0.337 e. The summed E-state index contributed by atoms with van der Waals surface area (Å²) in [7, 11) is 0. The Morgan fingerprint density at radius 3 is 2.76 bits per heavy atom. The monoisotopic (exact) mass is 335 g/mol. The van der Waals surface area contributed by atoms with E-state index >= 15 is 0 Å². The number of rotatable bonds is 2. The molecule has 0 radical (unpaired) electrons. The van der Waals surface area contributed by atoms with Crippen LogP contribution in [0.2, 0.25) is 10.2 Å². The molecule has 0 amide bonds. The lowest BCUT2D eigenvalue weighted by Gasteiger charge is -2.08. The Morgan fingerprint density at radius 2 is 2.00 bits per heavy atom. The summed E-state index contributed by atoms with van der Waals surface area (Å²) in [6.07, 6.45) is 1.28. The molecule has 0 spiro atoms. The maximum Gasteiger partial charge on any atom is 0.149 e. The first-order valence-electron chi connectivity index (χ1n) is 4.46. The second-order valence-corrected chi connectivity index (χ2v) is 4.66. The molecule has 17 heavy (non-hydrogen) atoms. The fourth-order valence-electron chi connectivity index (χ4n) is 1.16. The molecule has 0 fully saturated rings. The SMILES string of the molecule is Fc1ccc(Cl)cc1Nc1ncnc(Cl)c1Br. The molecular formula is C10H5BrCl2FN3. The molecule has 2 aromatic rings. The topological polar surface area (TPSA) is 37.8 Å². The van der Waals surface area contributed by atoms with Gasteiger partial charge in [-0.1, -0.05) is 23.2 Å². The molecule has 1 aromatic carbocycles. The van der Waals surface area contributed by atoms with Gasteiger partial charge >= 0.3 is 0 Å². The Kier molecular flexibility index (Phi) is 3.81. The Balaban J connectivity index is 2.38. The van der Waals surface area contributed by atoms with Crippen LogP contribution in [-0.4, -0.2) is 9.97 Å². The number of aromatic nitrogens is 2. The Hall–Kier alpha value is -0.910. The molecular weight excluding hydrogens is 332 g/mol. The number of nitrogens with zero attached hydrogens (tertiary/aromatic N) is 2. The number of benzene rings is 1. The third-order valence-electron chi connectivity index (χ3n) is 1.93. The quantitative estimate of drug-likeness (QED) is 0.824. The van der Waals surface area contributed by atoms with Crippen molar-refractivity contribution in [1.82, 2.24) is 9.97 Å². The second-order valence-electron chi connectivity index (χ2n) is 3.08. The highest BCUT2D eigenvalue weighted by molar-refractivity contribution is 9.10. The molecule has 0 saturated carbocycles. The number of hydrogen-bond acceptors (Lipinski definition) is 3. The van der Waals surface area contributed by atoms with E-state index in [2.05, 4.69) is 31.2 Å². The summed E-state index contributed by atoms with van der Waals surface area (Å²) in [5.74, 6) is -0.0674. The van der Waals surface area contributed by atoms with Crippen molar-refractivity contribution in [3.8, 4) is 0 Å². The van der Waals surface area contributed by atoms with E-state index in [-0.39, 0.29) is 10.8 Å². The molecule has 1 aromatic heterocycles. The zero-order valence-corrected chi connectivity index (χ0v) is 11.3.